The van der Waals surface area contributed by atoms with E-state index in [-0.39, 0.29) is 0 Å². The average Bonchev–Trinajstić information content (AvgIpc) is 2.18. The molecule has 1 rings (SSSR count). The fraction of sp³-hybridized carbons (Fsp3) is 1.00. The zero-order chi connectivity index (χ0) is 9.68. The molecule has 1 fully saturated rings. The topological polar surface area (TPSA) is 15.3 Å². The molecule has 0 aromatic heterocycles. The summed E-state index contributed by atoms with van der Waals surface area (Å²) in [6, 6.07) is 0.712. The number of piperidine rings is 1. The standard InChI is InChI=1S/C11H24N2/c1-4-12-10(3)11-6-8-13(5-2)9-7-11/h10-12H,4-9H2,1-3H3. The Morgan fingerprint density at radius 3 is 2.38 bits per heavy atom. The second-order valence-electron chi connectivity index (χ2n) is 4.12. The van der Waals surface area contributed by atoms with E-state index in [4.69, 9.17) is 0 Å². The summed E-state index contributed by atoms with van der Waals surface area (Å²) in [4.78, 5) is 2.55. The maximum absolute atomic E-state index is 3.53. The van der Waals surface area contributed by atoms with Crippen molar-refractivity contribution in [2.45, 2.75) is 39.7 Å². The Kier molecular flexibility index (Phi) is 4.74. The highest BCUT2D eigenvalue weighted by Crippen LogP contribution is 2.19. The highest BCUT2D eigenvalue weighted by atomic mass is 15.1. The van der Waals surface area contributed by atoms with Crippen LogP contribution >= 0.6 is 0 Å². The maximum Gasteiger partial charge on any atom is 0.00678 e. The van der Waals surface area contributed by atoms with E-state index >= 15 is 0 Å². The summed E-state index contributed by atoms with van der Waals surface area (Å²) >= 11 is 0. The first-order chi connectivity index (χ1) is 6.27. The molecule has 2 nitrogen and oxygen atoms in total. The first-order valence-electron chi connectivity index (χ1n) is 5.73. The largest absolute Gasteiger partial charge is 0.314 e. The van der Waals surface area contributed by atoms with Crippen LogP contribution in [0.15, 0.2) is 0 Å². The smallest absolute Gasteiger partial charge is 0.00678 e. The predicted octanol–water partition coefficient (Wildman–Crippen LogP) is 1.72. The normalized spacial score (nSPS) is 23.3. The average molecular weight is 184 g/mol. The van der Waals surface area contributed by atoms with Gasteiger partial charge in [-0.3, -0.25) is 0 Å². The second kappa shape index (κ2) is 5.61. The van der Waals surface area contributed by atoms with Crippen molar-refractivity contribution in [1.82, 2.24) is 10.2 Å². The van der Waals surface area contributed by atoms with Crippen molar-refractivity contribution in [1.29, 1.82) is 0 Å². The van der Waals surface area contributed by atoms with Crippen LogP contribution in [0.3, 0.4) is 0 Å². The third-order valence-electron chi connectivity index (χ3n) is 3.31. The molecule has 0 spiro atoms. The van der Waals surface area contributed by atoms with E-state index in [1.807, 2.05) is 0 Å². The Morgan fingerprint density at radius 1 is 1.31 bits per heavy atom. The Hall–Kier alpha value is -0.0800. The molecule has 1 aliphatic heterocycles. The van der Waals surface area contributed by atoms with Gasteiger partial charge in [0.15, 0.2) is 0 Å². The molecule has 0 aromatic carbocycles. The Morgan fingerprint density at radius 2 is 1.92 bits per heavy atom. The van der Waals surface area contributed by atoms with Crippen molar-refractivity contribution >= 4 is 0 Å². The lowest BCUT2D eigenvalue weighted by Crippen LogP contribution is -2.41. The van der Waals surface area contributed by atoms with E-state index in [0.717, 1.165) is 12.5 Å². The first-order valence-corrected chi connectivity index (χ1v) is 5.73. The lowest BCUT2D eigenvalue weighted by molar-refractivity contribution is 0.170. The molecule has 1 atom stereocenters. The van der Waals surface area contributed by atoms with Crippen LogP contribution < -0.4 is 5.32 Å². The summed E-state index contributed by atoms with van der Waals surface area (Å²) in [7, 11) is 0. The molecule has 0 radical (unpaired) electrons. The first kappa shape index (κ1) is 11.0. The SMILES string of the molecule is CCNC(C)C1CCN(CC)CC1. The third kappa shape index (κ3) is 3.28. The minimum Gasteiger partial charge on any atom is -0.314 e. The fourth-order valence-corrected chi connectivity index (χ4v) is 2.26. The van der Waals surface area contributed by atoms with E-state index < -0.39 is 0 Å². The molecule has 1 N–H and O–H groups in total. The molecule has 0 aromatic rings. The van der Waals surface area contributed by atoms with Gasteiger partial charge in [-0.05, 0) is 51.9 Å². The Labute approximate surface area is 82.7 Å². The number of nitrogens with one attached hydrogen (secondary N) is 1. The van der Waals surface area contributed by atoms with Crippen LogP contribution in [0.2, 0.25) is 0 Å². The van der Waals surface area contributed by atoms with Crippen molar-refractivity contribution in [3.8, 4) is 0 Å². The van der Waals surface area contributed by atoms with E-state index in [9.17, 15) is 0 Å². The summed E-state index contributed by atoms with van der Waals surface area (Å²) < 4.78 is 0. The molecule has 0 saturated carbocycles. The van der Waals surface area contributed by atoms with Gasteiger partial charge < -0.3 is 10.2 Å². The summed E-state index contributed by atoms with van der Waals surface area (Å²) in [6.45, 7) is 11.7. The zero-order valence-electron chi connectivity index (χ0n) is 9.34. The summed E-state index contributed by atoms with van der Waals surface area (Å²) in [5, 5.41) is 3.53. The van der Waals surface area contributed by atoms with Crippen LogP contribution in [-0.2, 0) is 0 Å². The van der Waals surface area contributed by atoms with Gasteiger partial charge in [0.2, 0.25) is 0 Å². The van der Waals surface area contributed by atoms with Gasteiger partial charge in [-0.25, -0.2) is 0 Å². The Balaban J connectivity index is 2.23. The van der Waals surface area contributed by atoms with E-state index in [1.165, 1.54) is 32.5 Å². The lowest BCUT2D eigenvalue weighted by Gasteiger charge is -2.34. The molecule has 1 saturated heterocycles. The second-order valence-corrected chi connectivity index (χ2v) is 4.12. The van der Waals surface area contributed by atoms with Gasteiger partial charge in [0, 0.05) is 6.04 Å². The van der Waals surface area contributed by atoms with Crippen molar-refractivity contribution < 1.29 is 0 Å². The molecule has 2 heteroatoms. The molecule has 13 heavy (non-hydrogen) atoms. The van der Waals surface area contributed by atoms with Gasteiger partial charge >= 0.3 is 0 Å². The minimum absolute atomic E-state index is 0.712. The van der Waals surface area contributed by atoms with E-state index in [0.29, 0.717) is 6.04 Å². The third-order valence-corrected chi connectivity index (χ3v) is 3.31. The molecule has 1 aliphatic rings. The highest BCUT2D eigenvalue weighted by Gasteiger charge is 2.22. The molecule has 1 unspecified atom stereocenters. The predicted molar refractivity (Wildman–Crippen MR) is 58.0 cm³/mol. The van der Waals surface area contributed by atoms with Crippen molar-refractivity contribution in [3.05, 3.63) is 0 Å². The van der Waals surface area contributed by atoms with E-state index in [2.05, 4.69) is 31.0 Å². The van der Waals surface area contributed by atoms with Gasteiger partial charge in [-0.1, -0.05) is 13.8 Å². The summed E-state index contributed by atoms with van der Waals surface area (Å²) in [5.74, 6) is 0.905. The van der Waals surface area contributed by atoms with Gasteiger partial charge in [0.05, 0.1) is 0 Å². The fourth-order valence-electron chi connectivity index (χ4n) is 2.26. The number of nitrogens with zero attached hydrogens (tertiary/aromatic N) is 1. The number of hydrogen-bond donors (Lipinski definition) is 1. The maximum atomic E-state index is 3.53. The quantitative estimate of drug-likeness (QED) is 0.715. The molecule has 0 aliphatic carbocycles. The van der Waals surface area contributed by atoms with Gasteiger partial charge in [0.25, 0.3) is 0 Å². The highest BCUT2D eigenvalue weighted by molar-refractivity contribution is 4.78. The van der Waals surface area contributed by atoms with Crippen molar-refractivity contribution in [2.24, 2.45) is 5.92 Å². The van der Waals surface area contributed by atoms with Crippen LogP contribution in [0, 0.1) is 5.92 Å². The van der Waals surface area contributed by atoms with Crippen LogP contribution in [0.25, 0.3) is 0 Å². The molecule has 78 valence electrons. The minimum atomic E-state index is 0.712. The number of likely N-dealkylation sites (tertiary alicyclic amines) is 1. The van der Waals surface area contributed by atoms with Crippen LogP contribution in [0.5, 0.6) is 0 Å². The van der Waals surface area contributed by atoms with Crippen molar-refractivity contribution in [2.75, 3.05) is 26.2 Å². The van der Waals surface area contributed by atoms with E-state index in [1.54, 1.807) is 0 Å². The van der Waals surface area contributed by atoms with Crippen molar-refractivity contribution in [3.63, 3.8) is 0 Å². The summed E-state index contributed by atoms with van der Waals surface area (Å²) in [6.07, 6.45) is 2.75. The summed E-state index contributed by atoms with van der Waals surface area (Å²) in [5.41, 5.74) is 0. The lowest BCUT2D eigenvalue weighted by atomic mass is 9.90. The molecular weight excluding hydrogens is 160 g/mol. The zero-order valence-corrected chi connectivity index (χ0v) is 9.34. The van der Waals surface area contributed by atoms with Gasteiger partial charge in [0.1, 0.15) is 0 Å². The number of hydrogen-bond acceptors (Lipinski definition) is 2. The van der Waals surface area contributed by atoms with Gasteiger partial charge in [-0.15, -0.1) is 0 Å². The molecular formula is C11H24N2. The molecule has 0 bridgehead atoms. The van der Waals surface area contributed by atoms with Crippen LogP contribution in [-0.4, -0.2) is 37.1 Å². The van der Waals surface area contributed by atoms with Gasteiger partial charge in [-0.2, -0.15) is 0 Å². The monoisotopic (exact) mass is 184 g/mol. The Bertz CT molecular complexity index is 128. The molecule has 0 amide bonds. The van der Waals surface area contributed by atoms with Crippen LogP contribution in [0.4, 0.5) is 0 Å². The molecule has 1 heterocycles. The van der Waals surface area contributed by atoms with Crippen LogP contribution in [0.1, 0.15) is 33.6 Å². The number of rotatable bonds is 4.